The topological polar surface area (TPSA) is 81.7 Å². The molecule has 148 valence electrons. The standard InChI is InChI=1S/C16H22F3NO5S/c1-12(10-24-11-16(17,18)19)20-15(21)4-3-9-25-13-5-7-14(8-6-13)26(2,22)23/h5-8,12H,3-4,9-11H2,1-2H3,(H,20,21). The van der Waals surface area contributed by atoms with Crippen molar-refractivity contribution in [2.75, 3.05) is 26.1 Å². The van der Waals surface area contributed by atoms with Crippen LogP contribution in [0.25, 0.3) is 0 Å². The van der Waals surface area contributed by atoms with E-state index < -0.39 is 28.7 Å². The van der Waals surface area contributed by atoms with Gasteiger partial charge in [-0.1, -0.05) is 0 Å². The van der Waals surface area contributed by atoms with E-state index in [0.717, 1.165) is 6.26 Å². The minimum absolute atomic E-state index is 0.144. The van der Waals surface area contributed by atoms with E-state index in [4.69, 9.17) is 4.74 Å². The Morgan fingerprint density at radius 3 is 2.38 bits per heavy atom. The van der Waals surface area contributed by atoms with Gasteiger partial charge in [0.15, 0.2) is 9.84 Å². The minimum Gasteiger partial charge on any atom is -0.494 e. The molecule has 0 aliphatic heterocycles. The maximum atomic E-state index is 11.9. The summed E-state index contributed by atoms with van der Waals surface area (Å²) in [4.78, 5) is 11.9. The summed E-state index contributed by atoms with van der Waals surface area (Å²) >= 11 is 0. The van der Waals surface area contributed by atoms with Gasteiger partial charge < -0.3 is 14.8 Å². The third kappa shape index (κ3) is 9.62. The van der Waals surface area contributed by atoms with Gasteiger partial charge in [0.05, 0.1) is 18.1 Å². The summed E-state index contributed by atoms with van der Waals surface area (Å²) in [5, 5.41) is 2.54. The molecule has 0 bridgehead atoms. The Bertz CT molecular complexity index is 674. The molecular weight excluding hydrogens is 375 g/mol. The summed E-state index contributed by atoms with van der Waals surface area (Å²) in [6, 6.07) is 5.38. The molecular formula is C16H22F3NO5S. The Balaban J connectivity index is 2.21. The van der Waals surface area contributed by atoms with Crippen molar-refractivity contribution in [3.05, 3.63) is 24.3 Å². The normalized spacial score (nSPS) is 13.3. The summed E-state index contributed by atoms with van der Waals surface area (Å²) in [6.07, 6.45) is -2.74. The van der Waals surface area contributed by atoms with Crippen molar-refractivity contribution >= 4 is 15.7 Å². The monoisotopic (exact) mass is 397 g/mol. The number of hydrogen-bond donors (Lipinski definition) is 1. The molecule has 0 saturated heterocycles. The summed E-state index contributed by atoms with van der Waals surface area (Å²) in [5.41, 5.74) is 0. The van der Waals surface area contributed by atoms with Gasteiger partial charge in [0.2, 0.25) is 5.91 Å². The van der Waals surface area contributed by atoms with Crippen molar-refractivity contribution in [1.29, 1.82) is 0 Å². The van der Waals surface area contributed by atoms with Crippen LogP contribution in [0.15, 0.2) is 29.2 Å². The Kier molecular flexibility index (Phi) is 8.35. The van der Waals surface area contributed by atoms with E-state index in [2.05, 4.69) is 10.1 Å². The van der Waals surface area contributed by atoms with E-state index in [1.54, 1.807) is 6.92 Å². The molecule has 26 heavy (non-hydrogen) atoms. The molecule has 0 radical (unpaired) electrons. The quantitative estimate of drug-likeness (QED) is 0.613. The number of benzene rings is 1. The highest BCUT2D eigenvalue weighted by Crippen LogP contribution is 2.16. The predicted molar refractivity (Wildman–Crippen MR) is 88.8 cm³/mol. The lowest BCUT2D eigenvalue weighted by Gasteiger charge is -2.15. The van der Waals surface area contributed by atoms with Crippen LogP contribution < -0.4 is 10.1 Å². The molecule has 1 unspecified atom stereocenters. The Labute approximate surface area is 150 Å². The zero-order valence-corrected chi connectivity index (χ0v) is 15.3. The Hall–Kier alpha value is -1.81. The van der Waals surface area contributed by atoms with Crippen LogP contribution in [0, 0.1) is 0 Å². The van der Waals surface area contributed by atoms with Gasteiger partial charge in [0.25, 0.3) is 0 Å². The van der Waals surface area contributed by atoms with Gasteiger partial charge >= 0.3 is 6.18 Å². The third-order valence-corrected chi connectivity index (χ3v) is 4.24. The molecule has 1 aromatic rings. The fraction of sp³-hybridized carbons (Fsp3) is 0.562. The third-order valence-electron chi connectivity index (χ3n) is 3.11. The van der Waals surface area contributed by atoms with Crippen molar-refractivity contribution in [2.24, 2.45) is 0 Å². The molecule has 0 fully saturated rings. The lowest BCUT2D eigenvalue weighted by molar-refractivity contribution is -0.175. The van der Waals surface area contributed by atoms with Crippen LogP contribution in [0.1, 0.15) is 19.8 Å². The number of rotatable bonds is 10. The molecule has 1 aromatic carbocycles. The van der Waals surface area contributed by atoms with E-state index in [1.165, 1.54) is 24.3 Å². The Morgan fingerprint density at radius 2 is 1.85 bits per heavy atom. The smallest absolute Gasteiger partial charge is 0.411 e. The molecule has 0 aromatic heterocycles. The largest absolute Gasteiger partial charge is 0.494 e. The van der Waals surface area contributed by atoms with E-state index >= 15 is 0 Å². The van der Waals surface area contributed by atoms with Gasteiger partial charge in [-0.3, -0.25) is 4.79 Å². The number of halogens is 3. The maximum absolute atomic E-state index is 11.9. The first kappa shape index (κ1) is 22.2. The van der Waals surface area contributed by atoms with Crippen LogP contribution in [0.2, 0.25) is 0 Å². The first-order chi connectivity index (χ1) is 12.0. The second-order valence-electron chi connectivity index (χ2n) is 5.79. The number of hydrogen-bond acceptors (Lipinski definition) is 5. The number of carbonyl (C=O) groups is 1. The van der Waals surface area contributed by atoms with Gasteiger partial charge in [0.1, 0.15) is 12.4 Å². The minimum atomic E-state index is -4.39. The summed E-state index contributed by atoms with van der Waals surface area (Å²) in [5.74, 6) is 0.163. The first-order valence-corrected chi connectivity index (χ1v) is 9.73. The molecule has 1 rings (SSSR count). The molecule has 1 N–H and O–H groups in total. The van der Waals surface area contributed by atoms with Crippen LogP contribution in [-0.4, -0.2) is 52.6 Å². The van der Waals surface area contributed by atoms with Crippen molar-refractivity contribution in [2.45, 2.75) is 36.9 Å². The van der Waals surface area contributed by atoms with Gasteiger partial charge in [-0.05, 0) is 37.6 Å². The number of carbonyl (C=O) groups excluding carboxylic acids is 1. The average molecular weight is 397 g/mol. The van der Waals surface area contributed by atoms with Gasteiger partial charge in [-0.15, -0.1) is 0 Å². The molecule has 0 spiro atoms. The number of amides is 1. The fourth-order valence-electron chi connectivity index (χ4n) is 1.95. The average Bonchev–Trinajstić information content (AvgIpc) is 2.50. The van der Waals surface area contributed by atoms with Crippen LogP contribution in [0.3, 0.4) is 0 Å². The van der Waals surface area contributed by atoms with Crippen molar-refractivity contribution in [3.63, 3.8) is 0 Å². The van der Waals surface area contributed by atoms with E-state index in [1.807, 2.05) is 0 Å². The molecule has 6 nitrogen and oxygen atoms in total. The molecule has 0 aliphatic rings. The van der Waals surface area contributed by atoms with Crippen LogP contribution in [-0.2, 0) is 19.4 Å². The van der Waals surface area contributed by atoms with E-state index in [-0.39, 0.29) is 30.4 Å². The van der Waals surface area contributed by atoms with Crippen LogP contribution in [0.4, 0.5) is 13.2 Å². The maximum Gasteiger partial charge on any atom is 0.411 e. The van der Waals surface area contributed by atoms with Gasteiger partial charge in [0, 0.05) is 18.7 Å². The summed E-state index contributed by atoms with van der Waals surface area (Å²) < 4.78 is 68.4. The van der Waals surface area contributed by atoms with Crippen molar-refractivity contribution < 1.29 is 35.9 Å². The second-order valence-corrected chi connectivity index (χ2v) is 7.81. The second kappa shape index (κ2) is 9.77. The first-order valence-electron chi connectivity index (χ1n) is 7.84. The Morgan fingerprint density at radius 1 is 1.23 bits per heavy atom. The number of alkyl halides is 3. The zero-order valence-electron chi connectivity index (χ0n) is 14.5. The predicted octanol–water partition coefficient (Wildman–Crippen LogP) is 2.33. The zero-order chi connectivity index (χ0) is 19.8. The highest BCUT2D eigenvalue weighted by atomic mass is 32.2. The molecule has 1 amide bonds. The lowest BCUT2D eigenvalue weighted by atomic mass is 10.2. The number of ether oxygens (including phenoxy) is 2. The van der Waals surface area contributed by atoms with Crippen LogP contribution >= 0.6 is 0 Å². The SMILES string of the molecule is CC(COCC(F)(F)F)NC(=O)CCCOc1ccc(S(C)(=O)=O)cc1. The van der Waals surface area contributed by atoms with Gasteiger partial charge in [-0.2, -0.15) is 13.2 Å². The highest BCUT2D eigenvalue weighted by molar-refractivity contribution is 7.90. The number of sulfone groups is 1. The summed E-state index contributed by atoms with van der Waals surface area (Å²) in [7, 11) is -3.26. The summed E-state index contributed by atoms with van der Waals surface area (Å²) in [6.45, 7) is 0.215. The highest BCUT2D eigenvalue weighted by Gasteiger charge is 2.27. The van der Waals surface area contributed by atoms with Gasteiger partial charge in [-0.25, -0.2) is 8.42 Å². The van der Waals surface area contributed by atoms with Crippen LogP contribution in [0.5, 0.6) is 5.75 Å². The van der Waals surface area contributed by atoms with Crippen molar-refractivity contribution in [1.82, 2.24) is 5.32 Å². The molecule has 1 atom stereocenters. The molecule has 10 heteroatoms. The molecule has 0 heterocycles. The lowest BCUT2D eigenvalue weighted by Crippen LogP contribution is -2.36. The molecule has 0 aliphatic carbocycles. The molecule has 0 saturated carbocycles. The fourth-order valence-corrected chi connectivity index (χ4v) is 2.58. The number of nitrogens with one attached hydrogen (secondary N) is 1. The van der Waals surface area contributed by atoms with E-state index in [9.17, 15) is 26.4 Å². The van der Waals surface area contributed by atoms with Crippen molar-refractivity contribution in [3.8, 4) is 5.75 Å². The van der Waals surface area contributed by atoms with E-state index in [0.29, 0.717) is 12.2 Å².